The van der Waals surface area contributed by atoms with Gasteiger partial charge in [0.25, 0.3) is 0 Å². The van der Waals surface area contributed by atoms with Crippen molar-refractivity contribution >= 4 is 65.4 Å². The van der Waals surface area contributed by atoms with Crippen molar-refractivity contribution in [1.29, 1.82) is 0 Å². The number of rotatable bonds is 6. The standard InChI is InChI=1S/C66H44N6/c1-66(2)55-27-15-12-24-47(55)51-39-54-52-36-43(44-30-33-50-48-25-13-16-28-57(48)70(61(50)37-44)45-22-10-5-11-23-45)31-34-59(52)71(62(54)40-56(51)66)46-32-35-60-53(38-46)49-26-14-17-29-58(49)72(60)65-68-63(41-18-6-3-7-19-41)67-64(69-65)42-20-8-4-9-21-42/h3-40H,1-2H3. The van der Waals surface area contributed by atoms with Crippen LogP contribution in [0.3, 0.4) is 0 Å². The third-order valence-electron chi connectivity index (χ3n) is 15.3. The lowest BCUT2D eigenvalue weighted by Gasteiger charge is -2.21. The molecule has 338 valence electrons. The van der Waals surface area contributed by atoms with Gasteiger partial charge >= 0.3 is 0 Å². The molecule has 72 heavy (non-hydrogen) atoms. The minimum atomic E-state index is -0.168. The van der Waals surface area contributed by atoms with E-state index in [1.54, 1.807) is 0 Å². The van der Waals surface area contributed by atoms with Crippen molar-refractivity contribution in [2.24, 2.45) is 0 Å². The van der Waals surface area contributed by atoms with Crippen LogP contribution >= 0.6 is 0 Å². The Bertz CT molecular complexity index is 4460. The van der Waals surface area contributed by atoms with Gasteiger partial charge in [-0.1, -0.05) is 172 Å². The van der Waals surface area contributed by atoms with Crippen molar-refractivity contribution in [2.45, 2.75) is 19.3 Å². The second-order valence-corrected chi connectivity index (χ2v) is 19.6. The van der Waals surface area contributed by atoms with Gasteiger partial charge in [-0.05, 0) is 106 Å². The van der Waals surface area contributed by atoms with Crippen LogP contribution in [0.2, 0.25) is 0 Å². The molecule has 1 aliphatic rings. The van der Waals surface area contributed by atoms with Crippen molar-refractivity contribution in [3.05, 3.63) is 242 Å². The summed E-state index contributed by atoms with van der Waals surface area (Å²) in [5.41, 5.74) is 18.4. The van der Waals surface area contributed by atoms with E-state index in [0.29, 0.717) is 17.6 Å². The van der Waals surface area contributed by atoms with Crippen LogP contribution in [0, 0.1) is 0 Å². The van der Waals surface area contributed by atoms with Gasteiger partial charge in [0.1, 0.15) is 0 Å². The molecule has 0 aliphatic heterocycles. The molecule has 0 fully saturated rings. The molecule has 0 unspecified atom stereocenters. The summed E-state index contributed by atoms with van der Waals surface area (Å²) in [6.45, 7) is 4.74. The highest BCUT2D eigenvalue weighted by Crippen LogP contribution is 2.51. The summed E-state index contributed by atoms with van der Waals surface area (Å²) in [4.78, 5) is 15.4. The van der Waals surface area contributed by atoms with Gasteiger partial charge in [-0.25, -0.2) is 4.98 Å². The van der Waals surface area contributed by atoms with Crippen LogP contribution in [0.4, 0.5) is 0 Å². The van der Waals surface area contributed by atoms with Gasteiger partial charge in [-0.2, -0.15) is 9.97 Å². The third-order valence-corrected chi connectivity index (χ3v) is 15.3. The summed E-state index contributed by atoms with van der Waals surface area (Å²) < 4.78 is 7.09. The zero-order chi connectivity index (χ0) is 47.7. The number of hydrogen-bond donors (Lipinski definition) is 0. The molecular weight excluding hydrogens is 877 g/mol. The SMILES string of the molecule is CC1(C)c2ccccc2-c2cc3c4cc(-c5ccc6c7ccccc7n(-c7ccccc7)c6c5)ccc4n(-c4ccc5c(c4)c4ccccc4n5-c4nc(-c5ccccc5)nc(-c5ccccc5)n4)c3cc21. The second-order valence-electron chi connectivity index (χ2n) is 19.6. The maximum Gasteiger partial charge on any atom is 0.238 e. The molecule has 4 aromatic heterocycles. The summed E-state index contributed by atoms with van der Waals surface area (Å²) >= 11 is 0. The molecule has 10 aromatic carbocycles. The van der Waals surface area contributed by atoms with Gasteiger partial charge in [0.05, 0.1) is 33.1 Å². The minimum absolute atomic E-state index is 0.168. The van der Waals surface area contributed by atoms with E-state index in [0.717, 1.165) is 49.8 Å². The number of fused-ring (bicyclic) bond motifs is 12. The van der Waals surface area contributed by atoms with Crippen molar-refractivity contribution in [3.63, 3.8) is 0 Å². The molecule has 6 nitrogen and oxygen atoms in total. The molecule has 14 aromatic rings. The summed E-state index contributed by atoms with van der Waals surface area (Å²) in [5.74, 6) is 1.83. The quantitative estimate of drug-likeness (QED) is 0.167. The van der Waals surface area contributed by atoms with Crippen LogP contribution in [0.15, 0.2) is 231 Å². The van der Waals surface area contributed by atoms with Crippen LogP contribution in [0.1, 0.15) is 25.0 Å². The molecule has 0 amide bonds. The molecule has 1 aliphatic carbocycles. The first-order valence-corrected chi connectivity index (χ1v) is 24.7. The normalized spacial score (nSPS) is 13.0. The van der Waals surface area contributed by atoms with Gasteiger partial charge in [-0.3, -0.25) is 4.57 Å². The molecular formula is C66H44N6. The van der Waals surface area contributed by atoms with E-state index in [1.165, 1.54) is 71.5 Å². The second kappa shape index (κ2) is 15.3. The van der Waals surface area contributed by atoms with E-state index < -0.39 is 0 Å². The first-order chi connectivity index (χ1) is 35.5. The minimum Gasteiger partial charge on any atom is -0.309 e. The zero-order valence-electron chi connectivity index (χ0n) is 39.6. The van der Waals surface area contributed by atoms with Crippen LogP contribution in [-0.4, -0.2) is 28.7 Å². The molecule has 0 radical (unpaired) electrons. The van der Waals surface area contributed by atoms with Crippen LogP contribution in [0.5, 0.6) is 0 Å². The van der Waals surface area contributed by atoms with E-state index in [9.17, 15) is 0 Å². The molecule has 0 atom stereocenters. The van der Waals surface area contributed by atoms with Crippen molar-refractivity contribution in [3.8, 4) is 62.4 Å². The molecule has 15 rings (SSSR count). The van der Waals surface area contributed by atoms with Gasteiger partial charge in [0.15, 0.2) is 11.6 Å². The fraction of sp³-hybridized carbons (Fsp3) is 0.0455. The largest absolute Gasteiger partial charge is 0.309 e. The number of hydrogen-bond acceptors (Lipinski definition) is 3. The predicted molar refractivity (Wildman–Crippen MR) is 297 cm³/mol. The lowest BCUT2D eigenvalue weighted by Crippen LogP contribution is -2.14. The fourth-order valence-electron chi connectivity index (χ4n) is 11.9. The van der Waals surface area contributed by atoms with Crippen LogP contribution in [-0.2, 0) is 5.41 Å². The Hall–Kier alpha value is -9.39. The first-order valence-electron chi connectivity index (χ1n) is 24.7. The predicted octanol–water partition coefficient (Wildman–Crippen LogP) is 16.5. The van der Waals surface area contributed by atoms with Gasteiger partial charge in [0.2, 0.25) is 5.95 Å². The Kier molecular flexibility index (Phi) is 8.61. The van der Waals surface area contributed by atoms with E-state index in [1.807, 2.05) is 36.4 Å². The highest BCUT2D eigenvalue weighted by atomic mass is 15.2. The van der Waals surface area contributed by atoms with Gasteiger partial charge < -0.3 is 9.13 Å². The highest BCUT2D eigenvalue weighted by molar-refractivity contribution is 6.15. The average molecular weight is 921 g/mol. The highest BCUT2D eigenvalue weighted by Gasteiger charge is 2.36. The summed E-state index contributed by atoms with van der Waals surface area (Å²) in [7, 11) is 0. The van der Waals surface area contributed by atoms with Crippen LogP contribution < -0.4 is 0 Å². The van der Waals surface area contributed by atoms with Gasteiger partial charge in [0, 0.05) is 60.2 Å². The van der Waals surface area contributed by atoms with Crippen molar-refractivity contribution in [2.75, 3.05) is 0 Å². The van der Waals surface area contributed by atoms with E-state index in [-0.39, 0.29) is 5.41 Å². The molecule has 0 saturated heterocycles. The van der Waals surface area contributed by atoms with E-state index in [2.05, 4.69) is 222 Å². The maximum atomic E-state index is 5.21. The molecule has 0 saturated carbocycles. The van der Waals surface area contributed by atoms with Gasteiger partial charge in [-0.15, -0.1) is 0 Å². The monoisotopic (exact) mass is 920 g/mol. The summed E-state index contributed by atoms with van der Waals surface area (Å²) in [6, 6.07) is 83.2. The Labute approximate surface area is 415 Å². The van der Waals surface area contributed by atoms with E-state index in [4.69, 9.17) is 15.0 Å². The topological polar surface area (TPSA) is 53.5 Å². The Balaban J connectivity index is 0.959. The zero-order valence-corrected chi connectivity index (χ0v) is 39.6. The summed E-state index contributed by atoms with van der Waals surface area (Å²) in [6.07, 6.45) is 0. The Morgan fingerprint density at radius 3 is 1.53 bits per heavy atom. The Morgan fingerprint density at radius 2 is 0.792 bits per heavy atom. The summed E-state index contributed by atoms with van der Waals surface area (Å²) in [5, 5.41) is 7.18. The number of benzene rings is 10. The molecule has 0 spiro atoms. The van der Waals surface area contributed by atoms with Crippen molar-refractivity contribution in [1.82, 2.24) is 28.7 Å². The molecule has 6 heteroatoms. The van der Waals surface area contributed by atoms with Crippen LogP contribution in [0.25, 0.3) is 128 Å². The maximum absolute atomic E-state index is 5.21. The molecule has 0 N–H and O–H groups in total. The average Bonchev–Trinajstić information content (AvgIpc) is 4.13. The smallest absolute Gasteiger partial charge is 0.238 e. The molecule has 0 bridgehead atoms. The first kappa shape index (κ1) is 40.5. The lowest BCUT2D eigenvalue weighted by atomic mass is 9.82. The molecule has 4 heterocycles. The third kappa shape index (κ3) is 5.93. The van der Waals surface area contributed by atoms with Crippen molar-refractivity contribution < 1.29 is 0 Å². The number of para-hydroxylation sites is 3. The van der Waals surface area contributed by atoms with E-state index >= 15 is 0 Å². The lowest BCUT2D eigenvalue weighted by molar-refractivity contribution is 0.661. The number of nitrogens with zero attached hydrogens (tertiary/aromatic N) is 6. The Morgan fingerprint density at radius 1 is 0.292 bits per heavy atom. The fourth-order valence-corrected chi connectivity index (χ4v) is 11.9. The number of aromatic nitrogens is 6.